The fourth-order valence-electron chi connectivity index (χ4n) is 5.09. The number of esters is 2. The minimum atomic E-state index is -4.72. The van der Waals surface area contributed by atoms with Gasteiger partial charge in [0.1, 0.15) is 11.8 Å². The van der Waals surface area contributed by atoms with Crippen molar-refractivity contribution in [3.63, 3.8) is 0 Å². The fourth-order valence-corrected chi connectivity index (χ4v) is 6.63. The van der Waals surface area contributed by atoms with Gasteiger partial charge in [-0.25, -0.2) is 13.9 Å². The number of hydrogen-bond donors (Lipinski definition) is 3. The van der Waals surface area contributed by atoms with Crippen LogP contribution in [0, 0.1) is 5.92 Å². The highest BCUT2D eigenvalue weighted by atomic mass is 31.2. The number of alkyl halides is 1. The first-order chi connectivity index (χ1) is 23.7. The summed E-state index contributed by atoms with van der Waals surface area (Å²) in [4.78, 5) is 51.1. The van der Waals surface area contributed by atoms with Crippen LogP contribution in [0.3, 0.4) is 0 Å². The molecule has 1 aliphatic rings. The minimum Gasteiger partial charge on any atom is -0.462 e. The lowest BCUT2D eigenvalue weighted by Gasteiger charge is -2.31. The number of nitrogens with two attached hydrogens (primary N) is 1. The van der Waals surface area contributed by atoms with Crippen LogP contribution in [0.5, 0.6) is 5.75 Å². The summed E-state index contributed by atoms with van der Waals surface area (Å²) in [6, 6.07) is 10.7. The lowest BCUT2D eigenvalue weighted by Crippen LogP contribution is -2.48. The molecule has 0 saturated carbocycles. The first-order valence-electron chi connectivity index (χ1n) is 15.4. The lowest BCUT2D eigenvalue weighted by molar-refractivity contribution is -0.170. The van der Waals surface area contributed by atoms with E-state index in [4.69, 9.17) is 29.0 Å². The molecule has 1 unspecified atom stereocenters. The fraction of sp³-hybridized carbons (Fsp3) is 0.433. The number of ether oxygens (including phenoxy) is 3. The van der Waals surface area contributed by atoms with Crippen LogP contribution in [0.25, 0.3) is 32.4 Å². The highest BCUT2D eigenvalue weighted by Crippen LogP contribution is 2.50. The Labute approximate surface area is 283 Å². The number of carbonyl (C=O) groups is 2. The van der Waals surface area contributed by atoms with Gasteiger partial charge in [-0.15, -0.1) is 0 Å². The predicted molar refractivity (Wildman–Crippen MR) is 176 cm³/mol. The summed E-state index contributed by atoms with van der Waals surface area (Å²) in [5, 5.41) is 7.43. The summed E-state index contributed by atoms with van der Waals surface area (Å²) in [6.45, 7) is 6.54. The normalized spacial score (nSPS) is 22.3. The number of rotatable bonds is 13. The van der Waals surface area contributed by atoms with E-state index >= 15 is 4.39 Å². The zero-order valence-corrected chi connectivity index (χ0v) is 28.4. The predicted octanol–water partition coefficient (Wildman–Crippen LogP) is 4.43. The van der Waals surface area contributed by atoms with Gasteiger partial charge in [0.15, 0.2) is 29.7 Å². The van der Waals surface area contributed by atoms with Gasteiger partial charge in [-0.2, -0.15) is 10.1 Å². The van der Waals surface area contributed by atoms with Gasteiger partial charge in [-0.1, -0.05) is 55.4 Å². The number of halogens is 1. The van der Waals surface area contributed by atoms with E-state index in [1.165, 1.54) is 26.8 Å². The van der Waals surface area contributed by atoms with Gasteiger partial charge >= 0.3 is 19.7 Å². The van der Waals surface area contributed by atoms with Crippen LogP contribution in [-0.2, 0) is 32.9 Å². The molecule has 20 heteroatoms. The number of imidazole rings is 1. The van der Waals surface area contributed by atoms with Gasteiger partial charge in [-0.3, -0.25) is 28.5 Å². The Balaban J connectivity index is 1.57. The Hall–Kier alpha value is -5.06. The van der Waals surface area contributed by atoms with Crippen molar-refractivity contribution in [2.75, 3.05) is 12.3 Å². The van der Waals surface area contributed by atoms with Crippen molar-refractivity contribution in [1.82, 2.24) is 24.6 Å². The van der Waals surface area contributed by atoms with E-state index in [-0.39, 0.29) is 22.9 Å². The molecule has 1 saturated heterocycles. The second-order valence-corrected chi connectivity index (χ2v) is 13.6. The van der Waals surface area contributed by atoms with Crippen molar-refractivity contribution in [2.24, 2.45) is 11.0 Å². The van der Waals surface area contributed by atoms with Gasteiger partial charge in [0.2, 0.25) is 11.7 Å². The number of nitrogens with one attached hydrogen (secondary N) is 2. The third-order valence-corrected chi connectivity index (χ3v) is 9.06. The van der Waals surface area contributed by atoms with Crippen molar-refractivity contribution in [1.29, 1.82) is 0 Å². The number of hydrogen-bond acceptors (Lipinski definition) is 13. The van der Waals surface area contributed by atoms with E-state index in [2.05, 4.69) is 30.1 Å². The topological polar surface area (TPSA) is 248 Å². The Morgan fingerprint density at radius 2 is 1.92 bits per heavy atom. The molecule has 4 aromatic rings. The van der Waals surface area contributed by atoms with Crippen LogP contribution >= 0.6 is 7.75 Å². The van der Waals surface area contributed by atoms with Gasteiger partial charge in [0.25, 0.3) is 5.56 Å². The van der Waals surface area contributed by atoms with Crippen molar-refractivity contribution in [2.45, 2.75) is 71.0 Å². The lowest BCUT2D eigenvalue weighted by atomic mass is 10.1. The summed E-state index contributed by atoms with van der Waals surface area (Å²) >= 11 is 0. The SMILES string of the molecule is CC(C)OC(=O)[C@H](C)NP(=O)(OC[C@@]1(N=[N+]=[N-])O[C@@H](n2cnc3c(=O)[nH]c(N)nc32)[C@H](F)[C@@H]1OC(=O)C(C)C)Oc1cccc2ccccc12. The number of benzene rings is 2. The van der Waals surface area contributed by atoms with Crippen molar-refractivity contribution >= 4 is 47.6 Å². The van der Waals surface area contributed by atoms with E-state index in [1.807, 2.05) is 0 Å². The number of aromatic nitrogens is 4. The maximum absolute atomic E-state index is 16.6. The van der Waals surface area contributed by atoms with Crippen LogP contribution < -0.4 is 20.9 Å². The molecule has 0 spiro atoms. The van der Waals surface area contributed by atoms with E-state index in [0.717, 1.165) is 16.3 Å². The number of azide groups is 1. The van der Waals surface area contributed by atoms with Crippen LogP contribution in [0.2, 0.25) is 0 Å². The van der Waals surface area contributed by atoms with E-state index < -0.39 is 74.1 Å². The van der Waals surface area contributed by atoms with E-state index in [1.54, 1.807) is 50.2 Å². The number of aromatic amines is 1. The summed E-state index contributed by atoms with van der Waals surface area (Å²) in [5.41, 5.74) is 11.7. The molecule has 6 atom stereocenters. The summed E-state index contributed by atoms with van der Waals surface area (Å²) in [6.07, 6.45) is -5.59. The maximum atomic E-state index is 16.6. The minimum absolute atomic E-state index is 0.0799. The number of H-pyrrole nitrogens is 1. The molecular formula is C30H35FN9O9P. The van der Waals surface area contributed by atoms with Crippen molar-refractivity contribution < 1.29 is 41.8 Å². The van der Waals surface area contributed by atoms with Gasteiger partial charge < -0.3 is 24.5 Å². The molecule has 3 heterocycles. The highest BCUT2D eigenvalue weighted by Gasteiger charge is 2.60. The van der Waals surface area contributed by atoms with Gasteiger partial charge in [0, 0.05) is 10.3 Å². The molecule has 4 N–H and O–H groups in total. The molecule has 0 amide bonds. The Kier molecular flexibility index (Phi) is 10.5. The Morgan fingerprint density at radius 1 is 1.20 bits per heavy atom. The molecule has 0 aliphatic carbocycles. The van der Waals surface area contributed by atoms with Crippen molar-refractivity contribution in [3.8, 4) is 5.75 Å². The molecular weight excluding hydrogens is 680 g/mol. The summed E-state index contributed by atoms with van der Waals surface area (Å²) in [7, 11) is -4.72. The maximum Gasteiger partial charge on any atom is 0.459 e. The zero-order chi connectivity index (χ0) is 36.4. The van der Waals surface area contributed by atoms with Crippen LogP contribution in [-0.4, -0.2) is 68.2 Å². The number of anilines is 1. The zero-order valence-electron chi connectivity index (χ0n) is 27.6. The third kappa shape index (κ3) is 7.41. The van der Waals surface area contributed by atoms with Gasteiger partial charge in [-0.05, 0) is 37.8 Å². The molecule has 1 aliphatic heterocycles. The summed E-state index contributed by atoms with van der Waals surface area (Å²) in [5.74, 6) is -2.69. The quantitative estimate of drug-likeness (QED) is 0.0571. The molecule has 2 aromatic carbocycles. The smallest absolute Gasteiger partial charge is 0.459 e. The molecule has 18 nitrogen and oxygen atoms in total. The third-order valence-electron chi connectivity index (χ3n) is 7.45. The molecule has 0 bridgehead atoms. The monoisotopic (exact) mass is 715 g/mol. The molecule has 50 heavy (non-hydrogen) atoms. The molecule has 0 radical (unpaired) electrons. The van der Waals surface area contributed by atoms with Crippen LogP contribution in [0.15, 0.2) is 58.7 Å². The van der Waals surface area contributed by atoms with Gasteiger partial charge in [0.05, 0.1) is 25.0 Å². The number of fused-ring (bicyclic) bond motifs is 2. The number of carbonyl (C=O) groups excluding carboxylic acids is 2. The highest BCUT2D eigenvalue weighted by molar-refractivity contribution is 7.52. The van der Waals surface area contributed by atoms with E-state index in [0.29, 0.717) is 5.39 Å². The number of nitrogen functional groups attached to an aromatic ring is 1. The first kappa shape index (κ1) is 36.2. The average Bonchev–Trinajstić information content (AvgIpc) is 3.59. The first-order valence-corrected chi connectivity index (χ1v) is 16.9. The molecule has 5 rings (SSSR count). The van der Waals surface area contributed by atoms with Crippen LogP contribution in [0.1, 0.15) is 40.8 Å². The molecule has 1 fully saturated rings. The van der Waals surface area contributed by atoms with Crippen LogP contribution in [0.4, 0.5) is 10.3 Å². The largest absolute Gasteiger partial charge is 0.462 e. The second-order valence-electron chi connectivity index (χ2n) is 12.0. The van der Waals surface area contributed by atoms with Crippen molar-refractivity contribution in [3.05, 3.63) is 69.6 Å². The van der Waals surface area contributed by atoms with E-state index in [9.17, 15) is 24.5 Å². The number of nitrogens with zero attached hydrogens (tertiary/aromatic N) is 6. The Morgan fingerprint density at radius 3 is 2.62 bits per heavy atom. The average molecular weight is 716 g/mol. The Bertz CT molecular complexity index is 2060. The molecule has 2 aromatic heterocycles. The standard InChI is InChI=1S/C30H35FN9O9P/c1-15(2)27(42)47-23-21(31)26(40-14-34-22-24(40)35-29(32)36-25(22)41)48-30(23,38-39-33)13-45-50(44,37-17(5)28(43)46-16(3)4)49-20-12-8-10-18-9-6-7-11-19(18)20/h6-12,14-17,21,23,26H,13H2,1-5H3,(H,37,44)(H3,32,35,36,41)/t17-,21+,23-,26+,30+,50?/m0/s1. The second kappa shape index (κ2) is 14.4. The molecule has 266 valence electrons. The summed E-state index contributed by atoms with van der Waals surface area (Å²) < 4.78 is 60.6.